The number of amides is 1. The lowest BCUT2D eigenvalue weighted by Crippen LogP contribution is -2.14. The minimum absolute atomic E-state index is 0.0132. The monoisotopic (exact) mass is 205 g/mol. The van der Waals surface area contributed by atoms with Crippen LogP contribution in [0.3, 0.4) is 0 Å². The Morgan fingerprint density at radius 1 is 1.53 bits per heavy atom. The minimum Gasteiger partial charge on any atom is -0.366 e. The van der Waals surface area contributed by atoms with E-state index in [4.69, 9.17) is 5.73 Å². The molecule has 0 saturated heterocycles. The van der Waals surface area contributed by atoms with Crippen LogP contribution in [0.4, 0.5) is 11.8 Å². The molecule has 2 rings (SSSR count). The second-order valence-corrected chi connectivity index (χ2v) is 2.61. The minimum atomic E-state index is -0.472. The molecule has 0 aliphatic carbocycles. The molecule has 0 bridgehead atoms. The van der Waals surface area contributed by atoms with Crippen molar-refractivity contribution in [1.29, 1.82) is 0 Å². The molecule has 1 amide bonds. The number of hydrogen-bond donors (Lipinski definition) is 3. The van der Waals surface area contributed by atoms with Crippen molar-refractivity contribution >= 4 is 17.7 Å². The van der Waals surface area contributed by atoms with E-state index in [-0.39, 0.29) is 11.8 Å². The second-order valence-electron chi connectivity index (χ2n) is 2.61. The Morgan fingerprint density at radius 2 is 2.40 bits per heavy atom. The van der Waals surface area contributed by atoms with E-state index in [9.17, 15) is 4.79 Å². The largest absolute Gasteiger partial charge is 0.366 e. The summed E-state index contributed by atoms with van der Waals surface area (Å²) in [7, 11) is 0. The zero-order chi connectivity index (χ0) is 10.7. The fraction of sp³-hybridized carbons (Fsp3) is 0. The third-order valence-corrected chi connectivity index (χ3v) is 1.53. The van der Waals surface area contributed by atoms with E-state index in [2.05, 4.69) is 30.7 Å². The van der Waals surface area contributed by atoms with Crippen molar-refractivity contribution in [3.8, 4) is 0 Å². The smallest absolute Gasteiger partial charge is 0.294 e. The van der Waals surface area contributed by atoms with Crippen molar-refractivity contribution < 1.29 is 4.79 Å². The van der Waals surface area contributed by atoms with Crippen molar-refractivity contribution in [1.82, 2.24) is 25.4 Å². The molecule has 76 valence electrons. The van der Waals surface area contributed by atoms with Crippen LogP contribution in [0.1, 0.15) is 10.6 Å². The molecule has 0 unspecified atom stereocenters. The van der Waals surface area contributed by atoms with Gasteiger partial charge in [-0.05, 0) is 12.1 Å². The van der Waals surface area contributed by atoms with Crippen LogP contribution in [-0.2, 0) is 0 Å². The Bertz CT molecular complexity index is 465. The van der Waals surface area contributed by atoms with Gasteiger partial charge < -0.3 is 11.1 Å². The lowest BCUT2D eigenvalue weighted by atomic mass is 10.5. The average Bonchev–Trinajstić information content (AvgIpc) is 2.66. The van der Waals surface area contributed by atoms with Crippen molar-refractivity contribution in [2.24, 2.45) is 0 Å². The molecule has 0 saturated carbocycles. The van der Waals surface area contributed by atoms with Crippen molar-refractivity contribution in [3.63, 3.8) is 0 Å². The predicted octanol–water partition coefficient (Wildman–Crippen LogP) is -0.571. The summed E-state index contributed by atoms with van der Waals surface area (Å²) in [5.74, 6) is -0.102. The summed E-state index contributed by atoms with van der Waals surface area (Å²) in [6.45, 7) is 0. The number of rotatable bonds is 2. The summed E-state index contributed by atoms with van der Waals surface area (Å²) in [4.78, 5) is 15.1. The molecule has 2 aromatic rings. The Balaban J connectivity index is 2.11. The van der Waals surface area contributed by atoms with Crippen LogP contribution in [0.25, 0.3) is 0 Å². The van der Waals surface area contributed by atoms with E-state index in [1.54, 1.807) is 12.1 Å². The number of nitrogens with two attached hydrogens (primary N) is 1. The first-order valence-electron chi connectivity index (χ1n) is 4.02. The molecule has 0 atom stereocenters. The van der Waals surface area contributed by atoms with Crippen molar-refractivity contribution in [2.45, 2.75) is 0 Å². The molecule has 0 radical (unpaired) electrons. The van der Waals surface area contributed by atoms with Crippen LogP contribution < -0.4 is 11.1 Å². The van der Waals surface area contributed by atoms with Gasteiger partial charge in [0.15, 0.2) is 5.82 Å². The van der Waals surface area contributed by atoms with E-state index in [0.717, 1.165) is 0 Å². The molecule has 2 aromatic heterocycles. The van der Waals surface area contributed by atoms with E-state index < -0.39 is 5.91 Å². The first kappa shape index (κ1) is 9.06. The second kappa shape index (κ2) is 3.70. The van der Waals surface area contributed by atoms with Crippen LogP contribution in [0.2, 0.25) is 0 Å². The normalized spacial score (nSPS) is 9.87. The lowest BCUT2D eigenvalue weighted by Gasteiger charge is -1.98. The highest BCUT2D eigenvalue weighted by molar-refractivity contribution is 6.00. The Hall–Kier alpha value is -2.51. The number of H-pyrrole nitrogens is 1. The van der Waals surface area contributed by atoms with Crippen LogP contribution >= 0.6 is 0 Å². The highest BCUT2D eigenvalue weighted by atomic mass is 16.2. The van der Waals surface area contributed by atoms with Gasteiger partial charge in [-0.25, -0.2) is 0 Å². The third-order valence-electron chi connectivity index (χ3n) is 1.53. The molecule has 0 spiro atoms. The van der Waals surface area contributed by atoms with Gasteiger partial charge in [0.25, 0.3) is 5.91 Å². The number of aromatic nitrogens is 5. The van der Waals surface area contributed by atoms with Gasteiger partial charge in [0.2, 0.25) is 11.8 Å². The molecule has 0 aliphatic rings. The highest BCUT2D eigenvalue weighted by Gasteiger charge is 2.10. The number of anilines is 2. The number of aromatic amines is 1. The molecule has 8 heteroatoms. The van der Waals surface area contributed by atoms with Gasteiger partial charge in [-0.15, -0.1) is 10.2 Å². The van der Waals surface area contributed by atoms with Crippen LogP contribution in [0, 0.1) is 0 Å². The van der Waals surface area contributed by atoms with Crippen LogP contribution in [0.15, 0.2) is 18.3 Å². The Labute approximate surface area is 83.9 Å². The predicted molar refractivity (Wildman–Crippen MR) is 50.8 cm³/mol. The van der Waals surface area contributed by atoms with Crippen LogP contribution in [-0.4, -0.2) is 31.3 Å². The molecule has 0 aliphatic heterocycles. The Morgan fingerprint density at radius 3 is 3.00 bits per heavy atom. The molecule has 4 N–H and O–H groups in total. The number of nitrogen functional groups attached to an aromatic ring is 1. The van der Waals surface area contributed by atoms with Gasteiger partial charge in [0, 0.05) is 6.20 Å². The van der Waals surface area contributed by atoms with Gasteiger partial charge >= 0.3 is 0 Å². The number of carbonyl (C=O) groups excluding carboxylic acids is 1. The van der Waals surface area contributed by atoms with Gasteiger partial charge in [-0.1, -0.05) is 0 Å². The highest BCUT2D eigenvalue weighted by Crippen LogP contribution is 2.01. The van der Waals surface area contributed by atoms with Crippen molar-refractivity contribution in [2.75, 3.05) is 11.1 Å². The number of nitrogens with one attached hydrogen (secondary N) is 2. The van der Waals surface area contributed by atoms with Crippen molar-refractivity contribution in [3.05, 3.63) is 24.2 Å². The molecule has 0 fully saturated rings. The summed E-state index contributed by atoms with van der Waals surface area (Å²) in [6.07, 6.45) is 1.50. The maximum atomic E-state index is 11.5. The number of carbonyl (C=O) groups is 1. The van der Waals surface area contributed by atoms with E-state index in [0.29, 0.717) is 5.82 Å². The number of nitrogens with zero attached hydrogens (tertiary/aromatic N) is 4. The van der Waals surface area contributed by atoms with Gasteiger partial charge in [0.05, 0.1) is 0 Å². The molecular weight excluding hydrogens is 198 g/mol. The molecular formula is C7H7N7O. The van der Waals surface area contributed by atoms with Crippen LogP contribution in [0.5, 0.6) is 0 Å². The topological polar surface area (TPSA) is 122 Å². The van der Waals surface area contributed by atoms with E-state index in [1.807, 2.05) is 0 Å². The summed E-state index contributed by atoms with van der Waals surface area (Å²) in [6, 6.07) is 3.25. The van der Waals surface area contributed by atoms with E-state index in [1.165, 1.54) is 6.20 Å². The van der Waals surface area contributed by atoms with E-state index >= 15 is 0 Å². The molecule has 2 heterocycles. The maximum Gasteiger partial charge on any atom is 0.294 e. The average molecular weight is 205 g/mol. The SMILES string of the molecule is Nc1n[nH]c(C(=O)Nc2cccnn2)n1. The molecule has 15 heavy (non-hydrogen) atoms. The zero-order valence-electron chi connectivity index (χ0n) is 7.51. The number of hydrogen-bond acceptors (Lipinski definition) is 6. The van der Waals surface area contributed by atoms with Gasteiger partial charge in [-0.3, -0.25) is 9.89 Å². The first-order valence-corrected chi connectivity index (χ1v) is 4.02. The summed E-state index contributed by atoms with van der Waals surface area (Å²) in [5, 5.41) is 15.6. The zero-order valence-corrected chi connectivity index (χ0v) is 7.51. The lowest BCUT2D eigenvalue weighted by molar-refractivity contribution is 0.101. The maximum absolute atomic E-state index is 11.5. The Kier molecular flexibility index (Phi) is 2.23. The standard InChI is InChI=1S/C7H7N7O/c8-7-11-5(13-14-7)6(15)10-4-2-1-3-9-12-4/h1-3H,(H,10,12,15)(H3,8,11,13,14). The first-order chi connectivity index (χ1) is 7.25. The van der Waals surface area contributed by atoms with Gasteiger partial charge in [-0.2, -0.15) is 10.1 Å². The fourth-order valence-electron chi connectivity index (χ4n) is 0.920. The summed E-state index contributed by atoms with van der Waals surface area (Å²) >= 11 is 0. The summed E-state index contributed by atoms with van der Waals surface area (Å²) in [5.41, 5.74) is 5.25. The fourth-order valence-corrected chi connectivity index (χ4v) is 0.920. The molecule has 8 nitrogen and oxygen atoms in total. The third kappa shape index (κ3) is 2.05. The van der Waals surface area contributed by atoms with Gasteiger partial charge in [0.1, 0.15) is 0 Å². The quantitative estimate of drug-likeness (QED) is 0.603. The summed E-state index contributed by atoms with van der Waals surface area (Å²) < 4.78 is 0. The molecule has 0 aromatic carbocycles.